The fourth-order valence-corrected chi connectivity index (χ4v) is 9.24. The second kappa shape index (κ2) is 9.88. The molecule has 22 heteroatoms. The van der Waals surface area contributed by atoms with E-state index in [4.69, 9.17) is 15.9 Å². The maximum atomic E-state index is 12.2. The summed E-state index contributed by atoms with van der Waals surface area (Å²) in [5.74, 6) is -2.19. The zero-order valence-corrected chi connectivity index (χ0v) is 19.7. The Morgan fingerprint density at radius 3 is 1.38 bits per heavy atom. The van der Waals surface area contributed by atoms with Crippen molar-refractivity contribution in [2.75, 3.05) is 0 Å². The van der Waals surface area contributed by atoms with Crippen molar-refractivity contribution in [1.82, 2.24) is 4.90 Å². The summed E-state index contributed by atoms with van der Waals surface area (Å²) in [4.78, 5) is 97.5. The number of amides is 2. The molecule has 1 atom stereocenters. The highest BCUT2D eigenvalue weighted by Gasteiger charge is 2.71. The average Bonchev–Trinajstić information content (AvgIpc) is 2.51. The molecule has 0 aromatic carbocycles. The molecule has 12 N–H and O–H groups in total. The number of carboxylic acid groups (broad SMARTS) is 2. The van der Waals surface area contributed by atoms with E-state index in [1.165, 1.54) is 0 Å². The van der Waals surface area contributed by atoms with Crippen molar-refractivity contribution < 1.29 is 77.2 Å². The smallest absolute Gasteiger partial charge is 0.418 e. The summed E-state index contributed by atoms with van der Waals surface area (Å²) in [6.45, 7) is 1.04. The van der Waals surface area contributed by atoms with E-state index >= 15 is 0 Å². The first-order valence-corrected chi connectivity index (χ1v) is 14.7. The van der Waals surface area contributed by atoms with Crippen LogP contribution >= 0.6 is 30.4 Å². The van der Waals surface area contributed by atoms with Gasteiger partial charge in [0.15, 0.2) is 0 Å². The van der Waals surface area contributed by atoms with E-state index in [-0.39, 0.29) is 0 Å². The molecule has 0 spiro atoms. The first kappa shape index (κ1) is 31.3. The number of nitrogens with zero attached hydrogens (tertiary/aromatic N) is 1. The molecule has 0 aromatic rings. The van der Waals surface area contributed by atoms with Gasteiger partial charge in [-0.3, -0.25) is 18.3 Å². The predicted octanol–water partition coefficient (Wildman–Crippen LogP) is -0.182. The molecule has 0 radical (unpaired) electrons. The van der Waals surface area contributed by atoms with Gasteiger partial charge in [0.25, 0.3) is 5.02 Å². The van der Waals surface area contributed by atoms with Crippen LogP contribution in [-0.4, -0.2) is 76.5 Å². The number of rotatable bonds is 11. The molecule has 0 heterocycles. The van der Waals surface area contributed by atoms with Gasteiger partial charge in [-0.1, -0.05) is 6.92 Å². The summed E-state index contributed by atoms with van der Waals surface area (Å²) < 4.78 is 47.4. The van der Waals surface area contributed by atoms with E-state index in [1.54, 1.807) is 0 Å². The molecule has 0 fully saturated rings. The number of nitrogens with two attached hydrogens (primary N) is 1. The van der Waals surface area contributed by atoms with Crippen LogP contribution in [0.15, 0.2) is 0 Å². The molecule has 0 rings (SSSR count). The number of hydrogen-bond acceptors (Lipinski definition) is 7. The highest BCUT2D eigenvalue weighted by Crippen LogP contribution is 2.75. The van der Waals surface area contributed by atoms with Crippen molar-refractivity contribution in [2.45, 2.75) is 42.6 Å². The summed E-state index contributed by atoms with van der Waals surface area (Å²) in [5.41, 5.74) is 5.18. The summed E-state index contributed by atoms with van der Waals surface area (Å²) in [6, 6.07) is 0. The molecule has 1 unspecified atom stereocenters. The summed E-state index contributed by atoms with van der Waals surface area (Å²) in [5, 5.41) is 10.6. The van der Waals surface area contributed by atoms with Crippen LogP contribution in [0.5, 0.6) is 0 Å². The molecule has 0 aliphatic rings. The van der Waals surface area contributed by atoms with Gasteiger partial charge in [0.05, 0.1) is 0 Å². The van der Waals surface area contributed by atoms with Crippen LogP contribution in [0.4, 0.5) is 9.59 Å². The molecule has 0 aromatic heterocycles. The van der Waals surface area contributed by atoms with E-state index in [0.29, 0.717) is 0 Å². The van der Waals surface area contributed by atoms with Gasteiger partial charge >= 0.3 is 42.6 Å². The molecule has 0 aliphatic heterocycles. The lowest BCUT2D eigenvalue weighted by Crippen LogP contribution is -2.57. The Bertz CT molecular complexity index is 854. The van der Waals surface area contributed by atoms with Crippen molar-refractivity contribution in [3.05, 3.63) is 0 Å². The van der Waals surface area contributed by atoms with Gasteiger partial charge in [-0.2, -0.15) is 4.90 Å². The van der Waals surface area contributed by atoms with Crippen molar-refractivity contribution >= 4 is 42.6 Å². The predicted molar refractivity (Wildman–Crippen MR) is 103 cm³/mol. The van der Waals surface area contributed by atoms with Gasteiger partial charge < -0.3 is 55.1 Å². The fourth-order valence-electron chi connectivity index (χ4n) is 3.19. The normalized spacial score (nSPS) is 15.3. The minimum atomic E-state index is -6.35. The third-order valence-corrected chi connectivity index (χ3v) is 13.2. The SMILES string of the molecule is CCC(CCCC(N)(P(=O)(O)O)P(=O)(O)O)C(N(C(=O)O)C(=O)O)(P(=O)(O)O)P(=O)(O)O. The standard InChI is InChI=1S/C10H24N2O16P4/c1-2-6(4-3-5-9(11,29(17,18)19)30(20,21)22)10(31(23,24)25,32(26,27)28)12(7(13)14)8(15)16/h6H,2-5,11H2,1H3,(H,13,14)(H,15,16)(H2,17,18,19)(H2,20,21,22)(H2,23,24,25)(H2,26,27,28). The topological polar surface area (TPSA) is 334 Å². The summed E-state index contributed by atoms with van der Waals surface area (Å²) >= 11 is 0. The van der Waals surface area contributed by atoms with Crippen molar-refractivity contribution in [1.29, 1.82) is 0 Å². The Morgan fingerprint density at radius 1 is 0.812 bits per heavy atom. The van der Waals surface area contributed by atoms with Gasteiger partial charge in [0.2, 0.25) is 5.02 Å². The minimum absolute atomic E-state index is 0.698. The number of hydrogen-bond donors (Lipinski definition) is 11. The van der Waals surface area contributed by atoms with E-state index in [1.807, 2.05) is 0 Å². The molecule has 0 bridgehead atoms. The lowest BCUT2D eigenvalue weighted by atomic mass is 9.97. The average molecular weight is 552 g/mol. The number of carbonyl (C=O) groups is 2. The van der Waals surface area contributed by atoms with Crippen LogP contribution in [0.25, 0.3) is 0 Å². The highest BCUT2D eigenvalue weighted by atomic mass is 31.2. The zero-order chi connectivity index (χ0) is 26.1. The van der Waals surface area contributed by atoms with Gasteiger partial charge in [0.1, 0.15) is 0 Å². The summed E-state index contributed by atoms with van der Waals surface area (Å²) in [6.07, 6.45) is -9.10. The number of imide groups is 1. The van der Waals surface area contributed by atoms with Crippen molar-refractivity contribution in [3.8, 4) is 0 Å². The molecule has 190 valence electrons. The quantitative estimate of drug-likeness (QED) is 0.148. The highest BCUT2D eigenvalue weighted by molar-refractivity contribution is 7.72. The van der Waals surface area contributed by atoms with Crippen LogP contribution in [-0.2, 0) is 18.3 Å². The van der Waals surface area contributed by atoms with Gasteiger partial charge in [-0.05, 0) is 25.7 Å². The molecule has 0 saturated carbocycles. The van der Waals surface area contributed by atoms with Crippen LogP contribution in [0.3, 0.4) is 0 Å². The molecular weight excluding hydrogens is 528 g/mol. The minimum Gasteiger partial charge on any atom is -0.464 e. The monoisotopic (exact) mass is 552 g/mol. The Morgan fingerprint density at radius 2 is 1.16 bits per heavy atom. The third-order valence-electron chi connectivity index (χ3n) is 4.72. The van der Waals surface area contributed by atoms with Gasteiger partial charge in [0, 0.05) is 5.92 Å². The lowest BCUT2D eigenvalue weighted by Gasteiger charge is -2.44. The Kier molecular flexibility index (Phi) is 9.67. The molecule has 0 saturated heterocycles. The van der Waals surface area contributed by atoms with Crippen LogP contribution in [0.2, 0.25) is 0 Å². The fraction of sp³-hybridized carbons (Fsp3) is 0.800. The van der Waals surface area contributed by atoms with Gasteiger partial charge in [-0.15, -0.1) is 0 Å². The maximum Gasteiger partial charge on any atom is 0.418 e. The Labute approximate surface area is 179 Å². The summed E-state index contributed by atoms with van der Waals surface area (Å²) in [7, 11) is -24.1. The second-order valence-electron chi connectivity index (χ2n) is 6.64. The lowest BCUT2D eigenvalue weighted by molar-refractivity contribution is 0.0765. The van der Waals surface area contributed by atoms with Gasteiger partial charge in [-0.25, -0.2) is 9.59 Å². The van der Waals surface area contributed by atoms with E-state index in [9.17, 15) is 67.0 Å². The molecular formula is C10H24N2O16P4. The Hall–Kier alpha value is -0.700. The third kappa shape index (κ3) is 5.68. The second-order valence-corrected chi connectivity index (χ2v) is 14.7. The Balaban J connectivity index is 6.68. The van der Waals surface area contributed by atoms with Crippen molar-refractivity contribution in [3.63, 3.8) is 0 Å². The largest absolute Gasteiger partial charge is 0.464 e. The first-order valence-electron chi connectivity index (χ1n) is 8.21. The maximum absolute atomic E-state index is 12.2. The van der Waals surface area contributed by atoms with E-state index in [2.05, 4.69) is 0 Å². The first-order chi connectivity index (χ1) is 13.9. The van der Waals surface area contributed by atoms with Crippen LogP contribution < -0.4 is 5.73 Å². The molecule has 32 heavy (non-hydrogen) atoms. The van der Waals surface area contributed by atoms with Crippen LogP contribution in [0.1, 0.15) is 32.6 Å². The van der Waals surface area contributed by atoms with E-state index in [0.717, 1.165) is 6.92 Å². The van der Waals surface area contributed by atoms with Crippen molar-refractivity contribution in [2.24, 2.45) is 11.7 Å². The van der Waals surface area contributed by atoms with Crippen LogP contribution in [0, 0.1) is 5.92 Å². The van der Waals surface area contributed by atoms with E-state index < -0.39 is 89.1 Å². The molecule has 18 nitrogen and oxygen atoms in total. The molecule has 0 aliphatic carbocycles. The zero-order valence-electron chi connectivity index (χ0n) is 16.1. The molecule has 2 amide bonds.